The maximum Gasteiger partial charge on any atom is 0.341 e. The average Bonchev–Trinajstić information content (AvgIpc) is 3.82. The van der Waals surface area contributed by atoms with Crippen LogP contribution in [-0.2, 0) is 64.4 Å². The van der Waals surface area contributed by atoms with Gasteiger partial charge in [-0.25, -0.2) is 4.79 Å². The third-order valence-corrected chi connectivity index (χ3v) is 8.19. The molecule has 4 aromatic carbocycles. The van der Waals surface area contributed by atoms with E-state index in [2.05, 4.69) is 0 Å². The van der Waals surface area contributed by atoms with Gasteiger partial charge in [-0.2, -0.15) is 0 Å². The van der Waals surface area contributed by atoms with Gasteiger partial charge in [0.05, 0.1) is 33.0 Å². The number of benzene rings is 4. The second kappa shape index (κ2) is 15.6. The van der Waals surface area contributed by atoms with Crippen LogP contribution in [0.5, 0.6) is 0 Å². The Morgan fingerprint density at radius 3 is 1.52 bits per heavy atom. The molecule has 0 aliphatic carbocycles. The van der Waals surface area contributed by atoms with Gasteiger partial charge in [-0.1, -0.05) is 121 Å². The highest BCUT2D eigenvalue weighted by atomic mass is 16.8. The van der Waals surface area contributed by atoms with E-state index in [4.69, 9.17) is 33.2 Å². The van der Waals surface area contributed by atoms with Crippen molar-refractivity contribution in [2.45, 2.75) is 89.1 Å². The molecule has 6 rings (SSSR count). The van der Waals surface area contributed by atoms with Crippen LogP contribution in [0.15, 0.2) is 121 Å². The van der Waals surface area contributed by atoms with Crippen molar-refractivity contribution in [3.05, 3.63) is 144 Å². The van der Waals surface area contributed by atoms with Crippen molar-refractivity contribution in [2.24, 2.45) is 0 Å². The molecule has 4 aromatic rings. The average molecular weight is 653 g/mol. The van der Waals surface area contributed by atoms with E-state index < -0.39 is 47.9 Å². The highest BCUT2D eigenvalue weighted by molar-refractivity contribution is 5.79. The first kappa shape index (κ1) is 34.0. The highest BCUT2D eigenvalue weighted by Crippen LogP contribution is 2.51. The monoisotopic (exact) mass is 652 g/mol. The summed E-state index contributed by atoms with van der Waals surface area (Å²) in [5, 5.41) is 0. The molecule has 2 heterocycles. The van der Waals surface area contributed by atoms with Crippen LogP contribution < -0.4 is 0 Å². The van der Waals surface area contributed by atoms with Crippen LogP contribution >= 0.6 is 0 Å². The maximum absolute atomic E-state index is 13.5. The van der Waals surface area contributed by atoms with Crippen molar-refractivity contribution in [1.29, 1.82) is 0 Å². The minimum atomic E-state index is -1.47. The maximum atomic E-state index is 13.5. The number of carbonyl (C=O) groups excluding carboxylic acids is 1. The van der Waals surface area contributed by atoms with Crippen molar-refractivity contribution < 1.29 is 38.0 Å². The van der Waals surface area contributed by atoms with Crippen LogP contribution in [-0.4, -0.2) is 54.5 Å². The van der Waals surface area contributed by atoms with Gasteiger partial charge in [-0.3, -0.25) is 0 Å². The Morgan fingerprint density at radius 1 is 0.604 bits per heavy atom. The van der Waals surface area contributed by atoms with E-state index >= 15 is 0 Å². The predicted molar refractivity (Wildman–Crippen MR) is 179 cm³/mol. The standard InChI is InChI=1S/C40H44O8/c1-39(2,3)48-38(41)37-40(47-37)36(45-27-32-22-14-7-15-23-32)35(44-26-31-20-12-6-13-21-31)34(43-25-30-18-10-5-11-19-30)33(46-40)28-42-24-29-16-8-4-9-17-29/h4-23,33-37H,24-28H2,1-3H3/t33-,34-,35+,36+,37+,40-/m1/s1. The van der Waals surface area contributed by atoms with Crippen LogP contribution in [0.1, 0.15) is 43.0 Å². The molecule has 8 nitrogen and oxygen atoms in total. The second-order valence-corrected chi connectivity index (χ2v) is 13.1. The van der Waals surface area contributed by atoms with Crippen molar-refractivity contribution in [3.63, 3.8) is 0 Å². The Kier molecular flexibility index (Phi) is 11.0. The van der Waals surface area contributed by atoms with Crippen LogP contribution in [0.25, 0.3) is 0 Å². The molecule has 48 heavy (non-hydrogen) atoms. The zero-order chi connectivity index (χ0) is 33.4. The van der Waals surface area contributed by atoms with Crippen LogP contribution in [0, 0.1) is 0 Å². The van der Waals surface area contributed by atoms with Crippen molar-refractivity contribution >= 4 is 5.97 Å². The predicted octanol–water partition coefficient (Wildman–Crippen LogP) is 6.80. The van der Waals surface area contributed by atoms with Crippen LogP contribution in [0.2, 0.25) is 0 Å². The molecule has 2 fully saturated rings. The number of hydrogen-bond donors (Lipinski definition) is 0. The summed E-state index contributed by atoms with van der Waals surface area (Å²) in [6.07, 6.45) is -3.87. The Bertz CT molecular complexity index is 1560. The normalized spacial score (nSPS) is 25.1. The number of epoxide rings is 1. The summed E-state index contributed by atoms with van der Waals surface area (Å²) < 4.78 is 45.1. The summed E-state index contributed by atoms with van der Waals surface area (Å²) in [6.45, 7) is 6.85. The van der Waals surface area contributed by atoms with Crippen molar-refractivity contribution in [1.82, 2.24) is 0 Å². The fourth-order valence-corrected chi connectivity index (χ4v) is 5.89. The number of hydrogen-bond acceptors (Lipinski definition) is 8. The first-order valence-electron chi connectivity index (χ1n) is 16.5. The minimum Gasteiger partial charge on any atom is -0.458 e. The van der Waals surface area contributed by atoms with Gasteiger partial charge in [0.15, 0.2) is 0 Å². The molecule has 2 saturated heterocycles. The Hall–Kier alpha value is -3.89. The molecular weight excluding hydrogens is 608 g/mol. The first-order valence-corrected chi connectivity index (χ1v) is 16.5. The van der Waals surface area contributed by atoms with Crippen LogP contribution in [0.4, 0.5) is 0 Å². The molecule has 0 bridgehead atoms. The third-order valence-electron chi connectivity index (χ3n) is 8.19. The fraction of sp³-hybridized carbons (Fsp3) is 0.375. The molecular formula is C40H44O8. The molecule has 252 valence electrons. The fourth-order valence-electron chi connectivity index (χ4n) is 5.89. The second-order valence-electron chi connectivity index (χ2n) is 13.1. The Balaban J connectivity index is 1.34. The molecule has 0 amide bonds. The summed E-state index contributed by atoms with van der Waals surface area (Å²) in [5.74, 6) is -1.99. The van der Waals surface area contributed by atoms with E-state index in [0.717, 1.165) is 22.3 Å². The SMILES string of the molecule is CC(C)(C)OC(=O)[C@@H]1O[C@@]12O[C@H](COCc1ccccc1)[C@@H](OCc1ccccc1)[C@H](OCc1ccccc1)[C@@H]2OCc1ccccc1. The molecule has 2 aliphatic rings. The van der Waals surface area contributed by atoms with E-state index in [1.807, 2.05) is 142 Å². The van der Waals surface area contributed by atoms with Gasteiger partial charge in [0, 0.05) is 0 Å². The van der Waals surface area contributed by atoms with Gasteiger partial charge >= 0.3 is 5.97 Å². The molecule has 0 aromatic heterocycles. The van der Waals surface area contributed by atoms with Gasteiger partial charge in [0.1, 0.15) is 30.0 Å². The number of carbonyl (C=O) groups is 1. The van der Waals surface area contributed by atoms with Crippen molar-refractivity contribution in [3.8, 4) is 0 Å². The Morgan fingerprint density at radius 2 is 1.04 bits per heavy atom. The van der Waals surface area contributed by atoms with Gasteiger partial charge in [-0.05, 0) is 43.0 Å². The molecule has 0 radical (unpaired) electrons. The zero-order valence-electron chi connectivity index (χ0n) is 27.7. The molecule has 0 saturated carbocycles. The summed E-state index contributed by atoms with van der Waals surface area (Å²) in [6, 6.07) is 39.6. The lowest BCUT2D eigenvalue weighted by atomic mass is 9.92. The van der Waals surface area contributed by atoms with E-state index in [0.29, 0.717) is 13.2 Å². The van der Waals surface area contributed by atoms with Gasteiger partial charge in [-0.15, -0.1) is 0 Å². The highest BCUT2D eigenvalue weighted by Gasteiger charge is 2.75. The summed E-state index contributed by atoms with van der Waals surface area (Å²) in [7, 11) is 0. The summed E-state index contributed by atoms with van der Waals surface area (Å²) in [4.78, 5) is 13.5. The van der Waals surface area contributed by atoms with Gasteiger partial charge < -0.3 is 33.2 Å². The number of esters is 1. The lowest BCUT2D eigenvalue weighted by Crippen LogP contribution is -2.64. The number of rotatable bonds is 14. The first-order chi connectivity index (χ1) is 23.3. The minimum absolute atomic E-state index is 0.164. The summed E-state index contributed by atoms with van der Waals surface area (Å²) in [5.41, 5.74) is 3.25. The zero-order valence-corrected chi connectivity index (χ0v) is 27.7. The Labute approximate surface area is 282 Å². The molecule has 0 unspecified atom stereocenters. The van der Waals surface area contributed by atoms with E-state index in [1.165, 1.54) is 0 Å². The lowest BCUT2D eigenvalue weighted by molar-refractivity contribution is -0.304. The topological polar surface area (TPSA) is 85.0 Å². The third kappa shape index (κ3) is 8.76. The molecule has 6 atom stereocenters. The van der Waals surface area contributed by atoms with E-state index in [1.54, 1.807) is 0 Å². The lowest BCUT2D eigenvalue weighted by Gasteiger charge is -2.45. The molecule has 1 spiro atoms. The summed E-state index contributed by atoms with van der Waals surface area (Å²) >= 11 is 0. The van der Waals surface area contributed by atoms with Crippen molar-refractivity contribution in [2.75, 3.05) is 6.61 Å². The molecule has 0 N–H and O–H groups in total. The van der Waals surface area contributed by atoms with Crippen LogP contribution in [0.3, 0.4) is 0 Å². The molecule has 2 aliphatic heterocycles. The van der Waals surface area contributed by atoms with E-state index in [-0.39, 0.29) is 19.8 Å². The van der Waals surface area contributed by atoms with Gasteiger partial charge in [0.2, 0.25) is 11.9 Å². The number of ether oxygens (including phenoxy) is 7. The largest absolute Gasteiger partial charge is 0.458 e. The molecule has 8 heteroatoms. The van der Waals surface area contributed by atoms with E-state index in [9.17, 15) is 4.79 Å². The smallest absolute Gasteiger partial charge is 0.341 e. The quantitative estimate of drug-likeness (QED) is 0.109. The van der Waals surface area contributed by atoms with Gasteiger partial charge in [0.25, 0.3) is 0 Å².